The Labute approximate surface area is 103 Å². The van der Waals surface area contributed by atoms with E-state index in [9.17, 15) is 13.5 Å². The SMILES string of the molecule is O=S(=O)(NC1CCCC(O)C1)N1CCNCC1. The van der Waals surface area contributed by atoms with Crippen LogP contribution in [0.3, 0.4) is 0 Å². The average Bonchev–Trinajstić information content (AvgIpc) is 2.29. The Bertz CT molecular complexity index is 341. The van der Waals surface area contributed by atoms with E-state index in [0.29, 0.717) is 32.6 Å². The van der Waals surface area contributed by atoms with E-state index in [1.165, 1.54) is 4.31 Å². The highest BCUT2D eigenvalue weighted by Crippen LogP contribution is 2.19. The van der Waals surface area contributed by atoms with Gasteiger partial charge in [0, 0.05) is 32.2 Å². The molecule has 6 nitrogen and oxygen atoms in total. The molecular formula is C10H21N3O3S. The minimum Gasteiger partial charge on any atom is -0.393 e. The minimum absolute atomic E-state index is 0.112. The zero-order chi connectivity index (χ0) is 12.3. The fraction of sp³-hybridized carbons (Fsp3) is 1.00. The lowest BCUT2D eigenvalue weighted by Gasteiger charge is -2.31. The van der Waals surface area contributed by atoms with E-state index in [1.54, 1.807) is 0 Å². The van der Waals surface area contributed by atoms with Crippen LogP contribution in [0, 0.1) is 0 Å². The van der Waals surface area contributed by atoms with Crippen molar-refractivity contribution in [3.05, 3.63) is 0 Å². The van der Waals surface area contributed by atoms with E-state index >= 15 is 0 Å². The van der Waals surface area contributed by atoms with Gasteiger partial charge in [0.2, 0.25) is 0 Å². The van der Waals surface area contributed by atoms with Crippen LogP contribution in [0.5, 0.6) is 0 Å². The van der Waals surface area contributed by atoms with Crippen LogP contribution in [0.15, 0.2) is 0 Å². The maximum Gasteiger partial charge on any atom is 0.279 e. The Kier molecular flexibility index (Phi) is 4.37. The fourth-order valence-electron chi connectivity index (χ4n) is 2.44. The summed E-state index contributed by atoms with van der Waals surface area (Å²) in [7, 11) is -3.37. The third kappa shape index (κ3) is 3.62. The number of hydrogen-bond acceptors (Lipinski definition) is 4. The van der Waals surface area contributed by atoms with Gasteiger partial charge in [0.15, 0.2) is 0 Å². The normalized spacial score (nSPS) is 32.5. The third-order valence-corrected chi connectivity index (χ3v) is 5.05. The maximum atomic E-state index is 12.1. The summed E-state index contributed by atoms with van der Waals surface area (Å²) >= 11 is 0. The number of hydrogen-bond donors (Lipinski definition) is 3. The second kappa shape index (κ2) is 5.62. The predicted molar refractivity (Wildman–Crippen MR) is 64.8 cm³/mol. The summed E-state index contributed by atoms with van der Waals surface area (Å²) in [4.78, 5) is 0. The molecule has 0 aromatic heterocycles. The van der Waals surface area contributed by atoms with E-state index in [-0.39, 0.29) is 12.1 Å². The predicted octanol–water partition coefficient (Wildman–Crippen LogP) is -0.970. The smallest absolute Gasteiger partial charge is 0.279 e. The van der Waals surface area contributed by atoms with Gasteiger partial charge < -0.3 is 10.4 Å². The van der Waals surface area contributed by atoms with Gasteiger partial charge in [-0.05, 0) is 25.7 Å². The largest absolute Gasteiger partial charge is 0.393 e. The molecular weight excluding hydrogens is 242 g/mol. The summed E-state index contributed by atoms with van der Waals surface area (Å²) in [5.74, 6) is 0. The quantitative estimate of drug-likeness (QED) is 0.612. The lowest BCUT2D eigenvalue weighted by atomic mass is 9.94. The Morgan fingerprint density at radius 2 is 1.94 bits per heavy atom. The molecule has 0 amide bonds. The Balaban J connectivity index is 1.91. The van der Waals surface area contributed by atoms with Gasteiger partial charge in [-0.2, -0.15) is 17.4 Å². The monoisotopic (exact) mass is 263 g/mol. The van der Waals surface area contributed by atoms with Crippen LogP contribution in [-0.2, 0) is 10.2 Å². The van der Waals surface area contributed by atoms with Crippen molar-refractivity contribution < 1.29 is 13.5 Å². The first kappa shape index (κ1) is 13.2. The Morgan fingerprint density at radius 3 is 2.59 bits per heavy atom. The van der Waals surface area contributed by atoms with E-state index < -0.39 is 10.2 Å². The number of aliphatic hydroxyl groups excluding tert-OH is 1. The molecule has 7 heteroatoms. The lowest BCUT2D eigenvalue weighted by Crippen LogP contribution is -2.53. The third-order valence-electron chi connectivity index (χ3n) is 3.38. The minimum atomic E-state index is -3.37. The molecule has 0 radical (unpaired) electrons. The van der Waals surface area contributed by atoms with Crippen molar-refractivity contribution in [2.75, 3.05) is 26.2 Å². The van der Waals surface area contributed by atoms with E-state index in [2.05, 4.69) is 10.0 Å². The first-order chi connectivity index (χ1) is 8.08. The molecule has 2 fully saturated rings. The molecule has 0 bridgehead atoms. The van der Waals surface area contributed by atoms with Gasteiger partial charge in [-0.25, -0.2) is 0 Å². The van der Waals surface area contributed by atoms with Crippen molar-refractivity contribution in [2.45, 2.75) is 37.8 Å². The standard InChI is InChI=1S/C10H21N3O3S/c14-10-3-1-2-9(8-10)12-17(15,16)13-6-4-11-5-7-13/h9-12,14H,1-8H2. The molecule has 1 saturated carbocycles. The van der Waals surface area contributed by atoms with Crippen molar-refractivity contribution in [2.24, 2.45) is 0 Å². The zero-order valence-corrected chi connectivity index (χ0v) is 10.7. The first-order valence-corrected chi connectivity index (χ1v) is 7.68. The molecule has 3 N–H and O–H groups in total. The summed E-state index contributed by atoms with van der Waals surface area (Å²) in [6.45, 7) is 2.44. The van der Waals surface area contributed by atoms with Crippen molar-refractivity contribution in [1.29, 1.82) is 0 Å². The molecule has 2 atom stereocenters. The van der Waals surface area contributed by atoms with Crippen LogP contribution in [0.25, 0.3) is 0 Å². The van der Waals surface area contributed by atoms with Gasteiger partial charge >= 0.3 is 0 Å². The fourth-order valence-corrected chi connectivity index (χ4v) is 3.89. The van der Waals surface area contributed by atoms with Gasteiger partial charge in [-0.1, -0.05) is 0 Å². The van der Waals surface area contributed by atoms with Crippen LogP contribution < -0.4 is 10.0 Å². The van der Waals surface area contributed by atoms with Gasteiger partial charge in [-0.3, -0.25) is 0 Å². The second-order valence-corrected chi connectivity index (χ2v) is 6.49. The molecule has 1 aliphatic carbocycles. The molecule has 17 heavy (non-hydrogen) atoms. The van der Waals surface area contributed by atoms with Gasteiger partial charge in [-0.15, -0.1) is 0 Å². The summed E-state index contributed by atoms with van der Waals surface area (Å²) < 4.78 is 28.3. The summed E-state index contributed by atoms with van der Waals surface area (Å²) in [6.07, 6.45) is 2.66. The molecule has 1 aliphatic heterocycles. The van der Waals surface area contributed by atoms with Gasteiger partial charge in [0.25, 0.3) is 10.2 Å². The molecule has 0 aromatic carbocycles. The van der Waals surface area contributed by atoms with Crippen molar-refractivity contribution >= 4 is 10.2 Å². The number of rotatable bonds is 3. The topological polar surface area (TPSA) is 81.7 Å². The average molecular weight is 263 g/mol. The molecule has 0 aromatic rings. The highest BCUT2D eigenvalue weighted by atomic mass is 32.2. The number of aliphatic hydroxyl groups is 1. The number of nitrogens with zero attached hydrogens (tertiary/aromatic N) is 1. The zero-order valence-electron chi connectivity index (χ0n) is 9.93. The summed E-state index contributed by atoms with van der Waals surface area (Å²) in [6, 6.07) is -0.112. The van der Waals surface area contributed by atoms with Crippen LogP contribution in [0.2, 0.25) is 0 Å². The molecule has 2 aliphatic rings. The van der Waals surface area contributed by atoms with Gasteiger partial charge in [0.05, 0.1) is 6.10 Å². The van der Waals surface area contributed by atoms with E-state index in [4.69, 9.17) is 0 Å². The summed E-state index contributed by atoms with van der Waals surface area (Å²) in [5, 5.41) is 12.7. The van der Waals surface area contributed by atoms with Crippen LogP contribution in [0.4, 0.5) is 0 Å². The molecule has 2 unspecified atom stereocenters. The van der Waals surface area contributed by atoms with E-state index in [1.807, 2.05) is 0 Å². The number of nitrogens with one attached hydrogen (secondary N) is 2. The second-order valence-electron chi connectivity index (χ2n) is 4.79. The van der Waals surface area contributed by atoms with E-state index in [0.717, 1.165) is 19.3 Å². The summed E-state index contributed by atoms with van der Waals surface area (Å²) in [5.41, 5.74) is 0. The number of piperazine rings is 1. The molecule has 1 saturated heterocycles. The van der Waals surface area contributed by atoms with Crippen LogP contribution in [-0.4, -0.2) is 56.2 Å². The molecule has 1 heterocycles. The first-order valence-electron chi connectivity index (χ1n) is 6.24. The van der Waals surface area contributed by atoms with Crippen LogP contribution in [0.1, 0.15) is 25.7 Å². The van der Waals surface area contributed by atoms with Crippen LogP contribution >= 0.6 is 0 Å². The molecule has 100 valence electrons. The van der Waals surface area contributed by atoms with Crippen molar-refractivity contribution in [1.82, 2.24) is 14.3 Å². The van der Waals surface area contributed by atoms with Crippen molar-refractivity contribution in [3.8, 4) is 0 Å². The highest BCUT2D eigenvalue weighted by molar-refractivity contribution is 7.87. The van der Waals surface area contributed by atoms with Crippen molar-refractivity contribution in [3.63, 3.8) is 0 Å². The Hall–Kier alpha value is -0.210. The highest BCUT2D eigenvalue weighted by Gasteiger charge is 2.29. The molecule has 2 rings (SSSR count). The maximum absolute atomic E-state index is 12.1. The van der Waals surface area contributed by atoms with Gasteiger partial charge in [0.1, 0.15) is 0 Å². The molecule has 0 spiro atoms. The lowest BCUT2D eigenvalue weighted by molar-refractivity contribution is 0.117. The Morgan fingerprint density at radius 1 is 1.24 bits per heavy atom.